The largest absolute Gasteiger partial charge is 0.497 e. The van der Waals surface area contributed by atoms with E-state index >= 15 is 0 Å². The van der Waals surface area contributed by atoms with Crippen molar-refractivity contribution in [3.63, 3.8) is 0 Å². The van der Waals surface area contributed by atoms with Crippen molar-refractivity contribution in [3.8, 4) is 23.3 Å². The number of hydrogen-bond donors (Lipinski definition) is 1. The Balaban J connectivity index is 2.21. The second kappa shape index (κ2) is 9.14. The van der Waals surface area contributed by atoms with Crippen molar-refractivity contribution in [1.82, 2.24) is 0 Å². The van der Waals surface area contributed by atoms with Gasteiger partial charge in [-0.25, -0.2) is 0 Å². The number of hydrogen-bond acceptors (Lipinski definition) is 5. The third-order valence-electron chi connectivity index (χ3n) is 3.51. The summed E-state index contributed by atoms with van der Waals surface area (Å²) in [6, 6.07) is 14.0. The van der Waals surface area contributed by atoms with E-state index in [0.717, 1.165) is 0 Å². The molecular formula is C20H20N2O4. The number of ether oxygens (including phenoxy) is 3. The number of methoxy groups -OCH3 is 2. The first-order valence-electron chi connectivity index (χ1n) is 7.99. The van der Waals surface area contributed by atoms with E-state index in [1.165, 1.54) is 6.08 Å². The molecule has 1 N–H and O–H groups in total. The van der Waals surface area contributed by atoms with Crippen molar-refractivity contribution in [2.75, 3.05) is 26.1 Å². The van der Waals surface area contributed by atoms with Gasteiger partial charge in [-0.2, -0.15) is 5.26 Å². The minimum absolute atomic E-state index is 0.0200. The number of nitrogens with one attached hydrogen (secondary N) is 1. The summed E-state index contributed by atoms with van der Waals surface area (Å²) in [6.45, 7) is 2.34. The quantitative estimate of drug-likeness (QED) is 0.608. The summed E-state index contributed by atoms with van der Waals surface area (Å²) in [5.74, 6) is 1.33. The van der Waals surface area contributed by atoms with Crippen molar-refractivity contribution in [1.29, 1.82) is 5.26 Å². The van der Waals surface area contributed by atoms with Gasteiger partial charge in [0.05, 0.1) is 20.8 Å². The lowest BCUT2D eigenvalue weighted by atomic mass is 10.1. The van der Waals surface area contributed by atoms with Gasteiger partial charge < -0.3 is 19.5 Å². The molecule has 0 heterocycles. The molecule has 0 saturated heterocycles. The van der Waals surface area contributed by atoms with Gasteiger partial charge in [0, 0.05) is 5.69 Å². The van der Waals surface area contributed by atoms with Crippen LogP contribution in [0.4, 0.5) is 5.69 Å². The fraction of sp³-hybridized carbons (Fsp3) is 0.200. The summed E-state index contributed by atoms with van der Waals surface area (Å²) in [6.07, 6.45) is 1.50. The Bertz CT molecular complexity index is 836. The Morgan fingerprint density at radius 2 is 1.85 bits per heavy atom. The first-order valence-corrected chi connectivity index (χ1v) is 7.99. The van der Waals surface area contributed by atoms with E-state index in [0.29, 0.717) is 35.1 Å². The predicted molar refractivity (Wildman–Crippen MR) is 99.4 cm³/mol. The van der Waals surface area contributed by atoms with E-state index in [9.17, 15) is 10.1 Å². The number of rotatable bonds is 7. The number of carbonyl (C=O) groups excluding carboxylic acids is 1. The normalized spacial score (nSPS) is 10.6. The molecule has 0 spiro atoms. The van der Waals surface area contributed by atoms with Gasteiger partial charge in [-0.3, -0.25) is 4.79 Å². The molecule has 0 bridgehead atoms. The van der Waals surface area contributed by atoms with Crippen LogP contribution in [0.2, 0.25) is 0 Å². The van der Waals surface area contributed by atoms with Crippen LogP contribution in [-0.4, -0.2) is 26.7 Å². The maximum absolute atomic E-state index is 12.3. The molecule has 0 radical (unpaired) electrons. The molecular weight excluding hydrogens is 332 g/mol. The topological polar surface area (TPSA) is 80.6 Å². The zero-order chi connectivity index (χ0) is 18.9. The lowest BCUT2D eigenvalue weighted by molar-refractivity contribution is -0.112. The number of amides is 1. The molecule has 2 rings (SSSR count). The minimum atomic E-state index is -0.494. The number of benzene rings is 2. The lowest BCUT2D eigenvalue weighted by Crippen LogP contribution is -2.13. The van der Waals surface area contributed by atoms with Crippen molar-refractivity contribution in [2.45, 2.75) is 6.92 Å². The van der Waals surface area contributed by atoms with Gasteiger partial charge in [0.1, 0.15) is 17.4 Å². The maximum atomic E-state index is 12.3. The summed E-state index contributed by atoms with van der Waals surface area (Å²) < 4.78 is 15.8. The van der Waals surface area contributed by atoms with E-state index in [4.69, 9.17) is 14.2 Å². The summed E-state index contributed by atoms with van der Waals surface area (Å²) >= 11 is 0. The first-order chi connectivity index (χ1) is 12.6. The van der Waals surface area contributed by atoms with Crippen LogP contribution in [0.3, 0.4) is 0 Å². The Hall–Kier alpha value is -3.46. The standard InChI is InChI=1S/C20H20N2O4/c1-4-26-19-12-14(5-10-18(19)25-3)11-15(13-21)20(23)22-16-6-8-17(24-2)9-7-16/h5-12H,4H2,1-3H3,(H,22,23)/b15-11-. The van der Waals surface area contributed by atoms with Gasteiger partial charge in [0.15, 0.2) is 11.5 Å². The molecule has 0 saturated carbocycles. The second-order valence-corrected chi connectivity index (χ2v) is 5.20. The Morgan fingerprint density at radius 1 is 1.12 bits per heavy atom. The highest BCUT2D eigenvalue weighted by Gasteiger charge is 2.11. The van der Waals surface area contributed by atoms with E-state index in [1.807, 2.05) is 13.0 Å². The molecule has 0 aromatic heterocycles. The highest BCUT2D eigenvalue weighted by atomic mass is 16.5. The monoisotopic (exact) mass is 352 g/mol. The zero-order valence-corrected chi connectivity index (χ0v) is 14.9. The average Bonchev–Trinajstić information content (AvgIpc) is 2.67. The third kappa shape index (κ3) is 4.77. The molecule has 1 amide bonds. The summed E-state index contributed by atoms with van der Waals surface area (Å²) in [7, 11) is 3.12. The van der Waals surface area contributed by atoms with Crippen molar-refractivity contribution >= 4 is 17.7 Å². The fourth-order valence-corrected chi connectivity index (χ4v) is 2.24. The lowest BCUT2D eigenvalue weighted by Gasteiger charge is -2.10. The summed E-state index contributed by atoms with van der Waals surface area (Å²) in [5, 5.41) is 12.0. The number of anilines is 1. The molecule has 26 heavy (non-hydrogen) atoms. The van der Waals surface area contributed by atoms with Crippen LogP contribution >= 0.6 is 0 Å². The summed E-state index contributed by atoms with van der Waals surface area (Å²) in [5.41, 5.74) is 1.21. The summed E-state index contributed by atoms with van der Waals surface area (Å²) in [4.78, 5) is 12.3. The van der Waals surface area contributed by atoms with Gasteiger partial charge in [-0.05, 0) is 55.0 Å². The molecule has 134 valence electrons. The fourth-order valence-electron chi connectivity index (χ4n) is 2.24. The molecule has 0 aliphatic heterocycles. The van der Waals surface area contributed by atoms with E-state index < -0.39 is 5.91 Å². The van der Waals surface area contributed by atoms with Crippen LogP contribution < -0.4 is 19.5 Å². The minimum Gasteiger partial charge on any atom is -0.497 e. The highest BCUT2D eigenvalue weighted by Crippen LogP contribution is 2.29. The number of carbonyl (C=O) groups is 1. The van der Waals surface area contributed by atoms with Gasteiger partial charge in [0.25, 0.3) is 5.91 Å². The van der Waals surface area contributed by atoms with Crippen molar-refractivity contribution < 1.29 is 19.0 Å². The van der Waals surface area contributed by atoms with E-state index in [1.54, 1.807) is 56.7 Å². The zero-order valence-electron chi connectivity index (χ0n) is 14.9. The molecule has 0 atom stereocenters. The van der Waals surface area contributed by atoms with Gasteiger partial charge >= 0.3 is 0 Å². The van der Waals surface area contributed by atoms with Crippen LogP contribution in [0.1, 0.15) is 12.5 Å². The van der Waals surface area contributed by atoms with Crippen LogP contribution in [-0.2, 0) is 4.79 Å². The van der Waals surface area contributed by atoms with Crippen LogP contribution in [0.5, 0.6) is 17.2 Å². The van der Waals surface area contributed by atoms with Crippen LogP contribution in [0.25, 0.3) is 6.08 Å². The predicted octanol–water partition coefficient (Wildman–Crippen LogP) is 3.65. The molecule has 0 fully saturated rings. The smallest absolute Gasteiger partial charge is 0.266 e. The van der Waals surface area contributed by atoms with E-state index in [2.05, 4.69) is 5.32 Å². The van der Waals surface area contributed by atoms with Gasteiger partial charge in [-0.1, -0.05) is 6.07 Å². The van der Waals surface area contributed by atoms with Crippen molar-refractivity contribution in [3.05, 3.63) is 53.6 Å². The Labute approximate surface area is 152 Å². The molecule has 0 aliphatic rings. The molecule has 6 heteroatoms. The van der Waals surface area contributed by atoms with Gasteiger partial charge in [-0.15, -0.1) is 0 Å². The highest BCUT2D eigenvalue weighted by molar-refractivity contribution is 6.09. The molecule has 0 aliphatic carbocycles. The molecule has 2 aromatic carbocycles. The molecule has 0 unspecified atom stereocenters. The van der Waals surface area contributed by atoms with Crippen molar-refractivity contribution in [2.24, 2.45) is 0 Å². The molecule has 2 aromatic rings. The van der Waals surface area contributed by atoms with E-state index in [-0.39, 0.29) is 5.57 Å². The number of nitrogens with zero attached hydrogens (tertiary/aromatic N) is 1. The average molecular weight is 352 g/mol. The first kappa shape index (κ1) is 18.9. The number of nitriles is 1. The Kier molecular flexibility index (Phi) is 6.63. The SMILES string of the molecule is CCOc1cc(/C=C(/C#N)C(=O)Nc2ccc(OC)cc2)ccc1OC. The van der Waals surface area contributed by atoms with Crippen LogP contribution in [0.15, 0.2) is 48.0 Å². The van der Waals surface area contributed by atoms with Crippen LogP contribution in [0, 0.1) is 11.3 Å². The van der Waals surface area contributed by atoms with Gasteiger partial charge in [0.2, 0.25) is 0 Å². The third-order valence-corrected chi connectivity index (χ3v) is 3.51. The Morgan fingerprint density at radius 3 is 2.42 bits per heavy atom. The maximum Gasteiger partial charge on any atom is 0.266 e. The second-order valence-electron chi connectivity index (χ2n) is 5.20. The molecule has 6 nitrogen and oxygen atoms in total.